The van der Waals surface area contributed by atoms with E-state index in [1.165, 1.54) is 0 Å². The summed E-state index contributed by atoms with van der Waals surface area (Å²) in [7, 11) is -3.65. The number of carbonyl (C=O) groups is 1. The van der Waals surface area contributed by atoms with E-state index < -0.39 is 15.9 Å². The molecule has 6 nitrogen and oxygen atoms in total. The Morgan fingerprint density at radius 3 is 2.31 bits per heavy atom. The quantitative estimate of drug-likeness (QED) is 0.636. The van der Waals surface area contributed by atoms with Gasteiger partial charge in [0.25, 0.3) is 0 Å². The highest BCUT2D eigenvalue weighted by molar-refractivity contribution is 7.92. The van der Waals surface area contributed by atoms with Crippen LogP contribution in [-0.4, -0.2) is 33.2 Å². The number of hydrogen-bond acceptors (Lipinski definition) is 4. The van der Waals surface area contributed by atoms with Crippen LogP contribution in [0.4, 0.5) is 11.4 Å². The third-order valence-corrected chi connectivity index (χ3v) is 5.39. The van der Waals surface area contributed by atoms with Crippen molar-refractivity contribution in [3.63, 3.8) is 0 Å². The summed E-state index contributed by atoms with van der Waals surface area (Å²) in [6, 6.07) is 19.9. The summed E-state index contributed by atoms with van der Waals surface area (Å²) >= 11 is 0. The molecule has 0 aromatic heterocycles. The zero-order valence-electron chi connectivity index (χ0n) is 16.6. The highest BCUT2D eigenvalue weighted by Gasteiger charge is 2.21. The summed E-state index contributed by atoms with van der Waals surface area (Å²) < 4.78 is 31.3. The number of ether oxygens (including phenoxy) is 1. The van der Waals surface area contributed by atoms with Gasteiger partial charge in [-0.2, -0.15) is 0 Å². The first-order chi connectivity index (χ1) is 13.7. The fraction of sp³-hybridized carbons (Fsp3) is 0.227. The molecule has 152 valence electrons. The Morgan fingerprint density at radius 2 is 1.66 bits per heavy atom. The molecule has 0 aliphatic carbocycles. The monoisotopic (exact) mass is 412 g/mol. The standard InChI is InChI=1S/C22H24N2O4S/c1-16(2)28-19-13-11-18(12-14-19)24(29(3,26)27)15-22(25)23-21-10-6-8-17-7-4-5-9-20(17)21/h4-14,16H,15H2,1-3H3,(H,23,25). The Kier molecular flexibility index (Phi) is 6.08. The lowest BCUT2D eigenvalue weighted by Crippen LogP contribution is -2.37. The van der Waals surface area contributed by atoms with Crippen LogP contribution in [0.5, 0.6) is 5.75 Å². The van der Waals surface area contributed by atoms with Gasteiger partial charge in [-0.05, 0) is 49.6 Å². The number of anilines is 2. The first kappa shape index (κ1) is 20.7. The van der Waals surface area contributed by atoms with Gasteiger partial charge in [0.2, 0.25) is 15.9 Å². The van der Waals surface area contributed by atoms with E-state index in [9.17, 15) is 13.2 Å². The van der Waals surface area contributed by atoms with Crippen molar-refractivity contribution in [2.75, 3.05) is 22.4 Å². The number of carbonyl (C=O) groups excluding carboxylic acids is 1. The zero-order valence-corrected chi connectivity index (χ0v) is 17.4. The lowest BCUT2D eigenvalue weighted by molar-refractivity contribution is -0.114. The molecule has 0 unspecified atom stereocenters. The lowest BCUT2D eigenvalue weighted by atomic mass is 10.1. The maximum atomic E-state index is 12.7. The van der Waals surface area contributed by atoms with Crippen molar-refractivity contribution < 1.29 is 17.9 Å². The van der Waals surface area contributed by atoms with Gasteiger partial charge in [-0.3, -0.25) is 9.10 Å². The molecule has 3 aromatic rings. The lowest BCUT2D eigenvalue weighted by Gasteiger charge is -2.22. The normalized spacial score (nSPS) is 11.4. The Labute approximate surface area is 171 Å². The van der Waals surface area contributed by atoms with Crippen molar-refractivity contribution in [3.05, 3.63) is 66.7 Å². The van der Waals surface area contributed by atoms with Crippen LogP contribution in [0.2, 0.25) is 0 Å². The molecule has 0 heterocycles. The maximum absolute atomic E-state index is 12.7. The Bertz CT molecular complexity index is 1100. The molecule has 0 bridgehead atoms. The average Bonchev–Trinajstić information content (AvgIpc) is 2.66. The van der Waals surface area contributed by atoms with Gasteiger partial charge < -0.3 is 10.1 Å². The summed E-state index contributed by atoms with van der Waals surface area (Å²) in [4.78, 5) is 12.7. The first-order valence-electron chi connectivity index (χ1n) is 9.26. The summed E-state index contributed by atoms with van der Waals surface area (Å²) in [6.07, 6.45) is 1.09. The molecule has 7 heteroatoms. The Morgan fingerprint density at radius 1 is 1.00 bits per heavy atom. The number of nitrogens with one attached hydrogen (secondary N) is 1. The fourth-order valence-electron chi connectivity index (χ4n) is 3.02. The third kappa shape index (κ3) is 5.26. The predicted molar refractivity (Wildman–Crippen MR) is 117 cm³/mol. The fourth-order valence-corrected chi connectivity index (χ4v) is 3.87. The number of hydrogen-bond donors (Lipinski definition) is 1. The first-order valence-corrected chi connectivity index (χ1v) is 11.1. The van der Waals surface area contributed by atoms with Gasteiger partial charge in [0, 0.05) is 11.1 Å². The van der Waals surface area contributed by atoms with Crippen molar-refractivity contribution in [2.24, 2.45) is 0 Å². The molecule has 0 fully saturated rings. The minimum atomic E-state index is -3.65. The zero-order chi connectivity index (χ0) is 21.0. The highest BCUT2D eigenvalue weighted by atomic mass is 32.2. The molecular formula is C22H24N2O4S. The van der Waals surface area contributed by atoms with Gasteiger partial charge in [0.15, 0.2) is 0 Å². The number of nitrogens with zero attached hydrogens (tertiary/aromatic N) is 1. The second kappa shape index (κ2) is 8.53. The van der Waals surface area contributed by atoms with Gasteiger partial charge in [-0.25, -0.2) is 8.42 Å². The minimum Gasteiger partial charge on any atom is -0.491 e. The number of benzene rings is 3. The highest BCUT2D eigenvalue weighted by Crippen LogP contribution is 2.24. The van der Waals surface area contributed by atoms with E-state index in [-0.39, 0.29) is 12.6 Å². The number of rotatable bonds is 7. The van der Waals surface area contributed by atoms with Crippen molar-refractivity contribution in [1.82, 2.24) is 0 Å². The van der Waals surface area contributed by atoms with E-state index in [4.69, 9.17) is 4.74 Å². The van der Waals surface area contributed by atoms with Crippen LogP contribution in [0, 0.1) is 0 Å². The molecule has 0 saturated heterocycles. The van der Waals surface area contributed by atoms with Crippen LogP contribution < -0.4 is 14.4 Å². The van der Waals surface area contributed by atoms with E-state index in [2.05, 4.69) is 5.32 Å². The van der Waals surface area contributed by atoms with E-state index in [0.29, 0.717) is 17.1 Å². The summed E-state index contributed by atoms with van der Waals surface area (Å²) in [5.74, 6) is 0.215. The molecule has 0 saturated carbocycles. The Hall–Kier alpha value is -3.06. The molecule has 1 N–H and O–H groups in total. The number of fused-ring (bicyclic) bond motifs is 1. The van der Waals surface area contributed by atoms with Gasteiger partial charge in [0.1, 0.15) is 12.3 Å². The van der Waals surface area contributed by atoms with E-state index in [0.717, 1.165) is 21.3 Å². The van der Waals surface area contributed by atoms with Gasteiger partial charge in [0.05, 0.1) is 18.0 Å². The van der Waals surface area contributed by atoms with Crippen molar-refractivity contribution >= 4 is 38.1 Å². The van der Waals surface area contributed by atoms with Crippen molar-refractivity contribution in [2.45, 2.75) is 20.0 Å². The van der Waals surface area contributed by atoms with Crippen LogP contribution in [-0.2, 0) is 14.8 Å². The van der Waals surface area contributed by atoms with Crippen LogP contribution >= 0.6 is 0 Å². The van der Waals surface area contributed by atoms with Crippen molar-refractivity contribution in [3.8, 4) is 5.75 Å². The molecule has 0 spiro atoms. The number of sulfonamides is 1. The largest absolute Gasteiger partial charge is 0.491 e. The second-order valence-corrected chi connectivity index (χ2v) is 8.91. The molecule has 29 heavy (non-hydrogen) atoms. The smallest absolute Gasteiger partial charge is 0.245 e. The van der Waals surface area contributed by atoms with E-state index in [1.807, 2.05) is 50.2 Å². The van der Waals surface area contributed by atoms with Crippen LogP contribution in [0.25, 0.3) is 10.8 Å². The van der Waals surface area contributed by atoms with Crippen LogP contribution in [0.3, 0.4) is 0 Å². The Balaban J connectivity index is 1.81. The number of amides is 1. The van der Waals surface area contributed by atoms with Crippen LogP contribution in [0.15, 0.2) is 66.7 Å². The van der Waals surface area contributed by atoms with Crippen LogP contribution in [0.1, 0.15) is 13.8 Å². The topological polar surface area (TPSA) is 75.7 Å². The molecule has 0 aliphatic heterocycles. The third-order valence-electron chi connectivity index (χ3n) is 4.25. The molecule has 3 aromatic carbocycles. The molecular weight excluding hydrogens is 388 g/mol. The molecule has 0 atom stereocenters. The molecule has 3 rings (SSSR count). The van der Waals surface area contributed by atoms with E-state index in [1.54, 1.807) is 30.3 Å². The summed E-state index contributed by atoms with van der Waals surface area (Å²) in [5.41, 5.74) is 1.04. The maximum Gasteiger partial charge on any atom is 0.245 e. The van der Waals surface area contributed by atoms with Gasteiger partial charge in [-0.15, -0.1) is 0 Å². The predicted octanol–water partition coefficient (Wildman–Crippen LogP) is 4.03. The SMILES string of the molecule is CC(C)Oc1ccc(N(CC(=O)Nc2cccc3ccccc23)S(C)(=O)=O)cc1. The second-order valence-electron chi connectivity index (χ2n) is 7.01. The van der Waals surface area contributed by atoms with Gasteiger partial charge >= 0.3 is 0 Å². The van der Waals surface area contributed by atoms with E-state index >= 15 is 0 Å². The molecule has 0 aliphatic rings. The minimum absolute atomic E-state index is 0.0123. The average molecular weight is 413 g/mol. The molecule has 1 amide bonds. The molecule has 0 radical (unpaired) electrons. The van der Waals surface area contributed by atoms with Crippen molar-refractivity contribution in [1.29, 1.82) is 0 Å². The summed E-state index contributed by atoms with van der Waals surface area (Å²) in [5, 5.41) is 4.71. The summed E-state index contributed by atoms with van der Waals surface area (Å²) in [6.45, 7) is 3.50. The van der Waals surface area contributed by atoms with Gasteiger partial charge in [-0.1, -0.05) is 36.4 Å².